The Labute approximate surface area is 102 Å². The van der Waals surface area contributed by atoms with Crippen LogP contribution in [-0.2, 0) is 6.54 Å². The second kappa shape index (κ2) is 5.83. The summed E-state index contributed by atoms with van der Waals surface area (Å²) in [5.41, 5.74) is 2.19. The highest BCUT2D eigenvalue weighted by Gasteiger charge is 2.08. The van der Waals surface area contributed by atoms with Crippen molar-refractivity contribution >= 4 is 0 Å². The molecule has 1 N–H and O–H groups in total. The SMILES string of the molecule is N#C[C@H](NCc1ccccc1)c1ccccc1. The van der Waals surface area contributed by atoms with Crippen molar-refractivity contribution in [3.63, 3.8) is 0 Å². The number of rotatable bonds is 4. The summed E-state index contributed by atoms with van der Waals surface area (Å²) in [6, 6.07) is 21.9. The molecule has 0 aromatic heterocycles. The number of benzene rings is 2. The van der Waals surface area contributed by atoms with Gasteiger partial charge in [-0.2, -0.15) is 5.26 Å². The number of nitrogens with zero attached hydrogens (tertiary/aromatic N) is 1. The molecule has 2 rings (SSSR count). The molecule has 0 saturated heterocycles. The monoisotopic (exact) mass is 222 g/mol. The van der Waals surface area contributed by atoms with Crippen LogP contribution in [0.15, 0.2) is 60.7 Å². The maximum Gasteiger partial charge on any atom is 0.121 e. The zero-order valence-electron chi connectivity index (χ0n) is 9.51. The predicted octanol–water partition coefficient (Wildman–Crippen LogP) is 3.04. The molecule has 0 spiro atoms. The third-order valence-corrected chi connectivity index (χ3v) is 2.62. The summed E-state index contributed by atoms with van der Waals surface area (Å²) in [4.78, 5) is 0. The molecule has 1 atom stereocenters. The van der Waals surface area contributed by atoms with Crippen molar-refractivity contribution in [1.82, 2.24) is 5.32 Å². The first-order valence-corrected chi connectivity index (χ1v) is 5.62. The van der Waals surface area contributed by atoms with Gasteiger partial charge in [0, 0.05) is 6.54 Å². The highest BCUT2D eigenvalue weighted by Crippen LogP contribution is 2.12. The second-order valence-electron chi connectivity index (χ2n) is 3.84. The maximum absolute atomic E-state index is 9.14. The van der Waals surface area contributed by atoms with Gasteiger partial charge < -0.3 is 0 Å². The molecule has 0 unspecified atom stereocenters. The molecule has 0 aliphatic carbocycles. The van der Waals surface area contributed by atoms with Crippen LogP contribution >= 0.6 is 0 Å². The quantitative estimate of drug-likeness (QED) is 0.863. The van der Waals surface area contributed by atoms with Crippen LogP contribution in [0.3, 0.4) is 0 Å². The topological polar surface area (TPSA) is 35.8 Å². The van der Waals surface area contributed by atoms with Gasteiger partial charge in [-0.15, -0.1) is 0 Å². The molecule has 2 heteroatoms. The Kier molecular flexibility index (Phi) is 3.90. The molecule has 84 valence electrons. The zero-order valence-corrected chi connectivity index (χ0v) is 9.51. The Hall–Kier alpha value is -2.11. The Balaban J connectivity index is 2.01. The standard InChI is InChI=1S/C15H14N2/c16-11-15(14-9-5-2-6-10-14)17-12-13-7-3-1-4-8-13/h1-10,15,17H,12H2/t15-/m0/s1. The van der Waals surface area contributed by atoms with Crippen molar-refractivity contribution in [1.29, 1.82) is 5.26 Å². The molecule has 2 aromatic rings. The molecule has 2 nitrogen and oxygen atoms in total. The van der Waals surface area contributed by atoms with Gasteiger partial charge in [-0.25, -0.2) is 0 Å². The van der Waals surface area contributed by atoms with Crippen LogP contribution in [0.1, 0.15) is 17.2 Å². The second-order valence-corrected chi connectivity index (χ2v) is 3.84. The van der Waals surface area contributed by atoms with Gasteiger partial charge in [0.1, 0.15) is 6.04 Å². The summed E-state index contributed by atoms with van der Waals surface area (Å²) in [7, 11) is 0. The molecule has 0 aliphatic heterocycles. The minimum absolute atomic E-state index is 0.253. The fraction of sp³-hybridized carbons (Fsp3) is 0.133. The summed E-state index contributed by atoms with van der Waals surface area (Å²) in [6.45, 7) is 0.702. The van der Waals surface area contributed by atoms with Crippen LogP contribution in [0.2, 0.25) is 0 Å². The zero-order chi connectivity index (χ0) is 11.9. The average Bonchev–Trinajstić information content (AvgIpc) is 2.42. The lowest BCUT2D eigenvalue weighted by Crippen LogP contribution is -2.19. The van der Waals surface area contributed by atoms with Gasteiger partial charge in [0.05, 0.1) is 6.07 Å². The van der Waals surface area contributed by atoms with Crippen molar-refractivity contribution in [3.8, 4) is 6.07 Å². The first kappa shape index (κ1) is 11.4. The van der Waals surface area contributed by atoms with E-state index in [9.17, 15) is 0 Å². The smallest absolute Gasteiger partial charge is 0.121 e. The van der Waals surface area contributed by atoms with Gasteiger partial charge >= 0.3 is 0 Å². The third-order valence-electron chi connectivity index (χ3n) is 2.62. The van der Waals surface area contributed by atoms with E-state index in [1.54, 1.807) is 0 Å². The molecule has 0 bridgehead atoms. The van der Waals surface area contributed by atoms with E-state index in [0.717, 1.165) is 5.56 Å². The van der Waals surface area contributed by atoms with Crippen LogP contribution in [0.4, 0.5) is 0 Å². The molecule has 0 saturated carbocycles. The first-order chi connectivity index (χ1) is 8.40. The predicted molar refractivity (Wildman–Crippen MR) is 68.1 cm³/mol. The van der Waals surface area contributed by atoms with Gasteiger partial charge in [-0.3, -0.25) is 5.32 Å². The van der Waals surface area contributed by atoms with E-state index in [0.29, 0.717) is 6.54 Å². The van der Waals surface area contributed by atoms with Crippen molar-refractivity contribution in [2.75, 3.05) is 0 Å². The number of hydrogen-bond acceptors (Lipinski definition) is 2. The van der Waals surface area contributed by atoms with Gasteiger partial charge in [-0.1, -0.05) is 60.7 Å². The Morgan fingerprint density at radius 1 is 0.941 bits per heavy atom. The van der Waals surface area contributed by atoms with Crippen molar-refractivity contribution in [3.05, 3.63) is 71.8 Å². The number of nitriles is 1. The molecule has 0 aliphatic rings. The Morgan fingerprint density at radius 3 is 2.12 bits per heavy atom. The summed E-state index contributed by atoms with van der Waals surface area (Å²) in [5.74, 6) is 0. The highest BCUT2D eigenvalue weighted by molar-refractivity contribution is 5.24. The molecular weight excluding hydrogens is 208 g/mol. The lowest BCUT2D eigenvalue weighted by Gasteiger charge is -2.11. The van der Waals surface area contributed by atoms with Gasteiger partial charge in [0.15, 0.2) is 0 Å². The summed E-state index contributed by atoms with van der Waals surface area (Å²) in [5, 5.41) is 12.4. The van der Waals surface area contributed by atoms with E-state index in [-0.39, 0.29) is 6.04 Å². The van der Waals surface area contributed by atoms with E-state index in [1.807, 2.05) is 60.7 Å². The van der Waals surface area contributed by atoms with Crippen LogP contribution in [-0.4, -0.2) is 0 Å². The van der Waals surface area contributed by atoms with E-state index in [4.69, 9.17) is 5.26 Å². The number of nitrogens with one attached hydrogen (secondary N) is 1. The number of hydrogen-bond donors (Lipinski definition) is 1. The van der Waals surface area contributed by atoms with E-state index < -0.39 is 0 Å². The van der Waals surface area contributed by atoms with Crippen LogP contribution in [0.25, 0.3) is 0 Å². The lowest BCUT2D eigenvalue weighted by atomic mass is 10.1. The molecule has 2 aromatic carbocycles. The minimum Gasteiger partial charge on any atom is -0.294 e. The van der Waals surface area contributed by atoms with Crippen LogP contribution < -0.4 is 5.32 Å². The fourth-order valence-corrected chi connectivity index (χ4v) is 1.70. The van der Waals surface area contributed by atoms with Gasteiger partial charge in [0.2, 0.25) is 0 Å². The third kappa shape index (κ3) is 3.17. The van der Waals surface area contributed by atoms with Crippen molar-refractivity contribution in [2.45, 2.75) is 12.6 Å². The van der Waals surface area contributed by atoms with Gasteiger partial charge in [-0.05, 0) is 11.1 Å². The lowest BCUT2D eigenvalue weighted by molar-refractivity contribution is 0.630. The maximum atomic E-state index is 9.14. The Morgan fingerprint density at radius 2 is 1.53 bits per heavy atom. The summed E-state index contributed by atoms with van der Waals surface area (Å²) in [6.07, 6.45) is 0. The van der Waals surface area contributed by atoms with E-state index in [1.165, 1.54) is 5.56 Å². The molecule has 17 heavy (non-hydrogen) atoms. The van der Waals surface area contributed by atoms with E-state index >= 15 is 0 Å². The fourth-order valence-electron chi connectivity index (χ4n) is 1.70. The van der Waals surface area contributed by atoms with Crippen molar-refractivity contribution < 1.29 is 0 Å². The highest BCUT2D eigenvalue weighted by atomic mass is 14.9. The van der Waals surface area contributed by atoms with Crippen LogP contribution in [0.5, 0.6) is 0 Å². The molecule has 0 fully saturated rings. The Bertz CT molecular complexity index is 485. The summed E-state index contributed by atoms with van der Waals surface area (Å²) >= 11 is 0. The summed E-state index contributed by atoms with van der Waals surface area (Å²) < 4.78 is 0. The largest absolute Gasteiger partial charge is 0.294 e. The first-order valence-electron chi connectivity index (χ1n) is 5.62. The molecule has 0 heterocycles. The minimum atomic E-state index is -0.253. The molecular formula is C15H14N2. The van der Waals surface area contributed by atoms with Crippen LogP contribution in [0, 0.1) is 11.3 Å². The average molecular weight is 222 g/mol. The molecule has 0 radical (unpaired) electrons. The van der Waals surface area contributed by atoms with Gasteiger partial charge in [0.25, 0.3) is 0 Å². The normalized spacial score (nSPS) is 11.7. The van der Waals surface area contributed by atoms with E-state index in [2.05, 4.69) is 11.4 Å². The molecule has 0 amide bonds. The van der Waals surface area contributed by atoms with Crippen molar-refractivity contribution in [2.24, 2.45) is 0 Å².